The van der Waals surface area contributed by atoms with Crippen molar-refractivity contribution < 1.29 is 22.0 Å². The standard InChI is InChI=1S/C26H34Cl2NO5PSSi/c1-6-33-35(30,34-7-2)19-29(36(31,32)24-17-22(27)16-23(28)18-24)26-21(14-15-37(3,4)5)13-12-20-10-8-9-11-25(20)26/h8-13,16-18H,6-7,14-15,19H2,1-5H3. The van der Waals surface area contributed by atoms with Crippen molar-refractivity contribution in [2.75, 3.05) is 23.8 Å². The fourth-order valence-corrected chi connectivity index (χ4v) is 9.50. The third kappa shape index (κ3) is 7.60. The van der Waals surface area contributed by atoms with E-state index in [4.69, 9.17) is 32.2 Å². The first-order valence-electron chi connectivity index (χ1n) is 12.2. The number of halogens is 2. The van der Waals surface area contributed by atoms with Crippen LogP contribution in [0.1, 0.15) is 19.4 Å². The maximum atomic E-state index is 14.3. The van der Waals surface area contributed by atoms with Crippen LogP contribution in [-0.4, -0.2) is 36.0 Å². The monoisotopic (exact) mass is 601 g/mol. The van der Waals surface area contributed by atoms with Gasteiger partial charge in [-0.25, -0.2) is 8.42 Å². The third-order valence-electron chi connectivity index (χ3n) is 5.76. The first-order valence-corrected chi connectivity index (χ1v) is 19.8. The lowest BCUT2D eigenvalue weighted by molar-refractivity contribution is 0.221. The molecule has 0 aliphatic carbocycles. The predicted octanol–water partition coefficient (Wildman–Crippen LogP) is 8.45. The largest absolute Gasteiger partial charge is 0.350 e. The van der Waals surface area contributed by atoms with Gasteiger partial charge in [-0.15, -0.1) is 0 Å². The first kappa shape index (κ1) is 30.2. The van der Waals surface area contributed by atoms with Gasteiger partial charge in [-0.05, 0) is 49.4 Å². The van der Waals surface area contributed by atoms with E-state index in [9.17, 15) is 13.0 Å². The Bertz CT molecular complexity index is 1380. The molecule has 6 nitrogen and oxygen atoms in total. The van der Waals surface area contributed by atoms with Gasteiger partial charge >= 0.3 is 7.60 Å². The van der Waals surface area contributed by atoms with Crippen molar-refractivity contribution in [2.45, 2.75) is 50.8 Å². The van der Waals surface area contributed by atoms with Crippen LogP contribution in [0.15, 0.2) is 59.5 Å². The summed E-state index contributed by atoms with van der Waals surface area (Å²) in [7, 11) is -9.60. The van der Waals surface area contributed by atoms with Crippen LogP contribution >= 0.6 is 30.8 Å². The highest BCUT2D eigenvalue weighted by Gasteiger charge is 2.37. The number of fused-ring (bicyclic) bond motifs is 1. The lowest BCUT2D eigenvalue weighted by Crippen LogP contribution is -2.34. The van der Waals surface area contributed by atoms with Crippen LogP contribution in [0.4, 0.5) is 5.69 Å². The molecular formula is C26H34Cl2NO5PSSi. The summed E-state index contributed by atoms with van der Waals surface area (Å²) >= 11 is 12.4. The first-order chi connectivity index (χ1) is 17.3. The summed E-state index contributed by atoms with van der Waals surface area (Å²) in [5.74, 6) is 0. The van der Waals surface area contributed by atoms with Crippen LogP contribution < -0.4 is 4.31 Å². The Kier molecular flexibility index (Phi) is 9.95. The second-order valence-corrected chi connectivity index (χ2v) is 20.3. The van der Waals surface area contributed by atoms with E-state index in [1.807, 2.05) is 36.4 Å². The third-order valence-corrected chi connectivity index (χ3v) is 11.8. The molecule has 0 heterocycles. The molecule has 37 heavy (non-hydrogen) atoms. The van der Waals surface area contributed by atoms with E-state index in [-0.39, 0.29) is 28.2 Å². The zero-order chi connectivity index (χ0) is 27.4. The number of benzene rings is 3. The molecule has 0 atom stereocenters. The minimum Gasteiger partial charge on any atom is -0.308 e. The van der Waals surface area contributed by atoms with Gasteiger partial charge in [0.25, 0.3) is 10.0 Å². The zero-order valence-corrected chi connectivity index (χ0v) is 26.1. The summed E-state index contributed by atoms with van der Waals surface area (Å²) in [5, 5.41) is 1.95. The van der Waals surface area contributed by atoms with Gasteiger partial charge < -0.3 is 9.05 Å². The Morgan fingerprint density at radius 2 is 1.51 bits per heavy atom. The molecule has 0 aromatic heterocycles. The highest BCUT2D eigenvalue weighted by atomic mass is 35.5. The van der Waals surface area contributed by atoms with Crippen LogP contribution in [-0.2, 0) is 30.1 Å². The van der Waals surface area contributed by atoms with Crippen molar-refractivity contribution in [2.24, 2.45) is 0 Å². The molecule has 3 aromatic carbocycles. The van der Waals surface area contributed by atoms with E-state index in [2.05, 4.69) is 19.6 Å². The second-order valence-electron chi connectivity index (χ2n) is 9.90. The van der Waals surface area contributed by atoms with Crippen molar-refractivity contribution in [3.05, 3.63) is 70.2 Å². The molecule has 202 valence electrons. The molecule has 3 aromatic rings. The molecule has 0 fully saturated rings. The summed E-state index contributed by atoms with van der Waals surface area (Å²) in [6.07, 6.45) is 0.181. The number of sulfonamides is 1. The number of nitrogens with zero attached hydrogens (tertiary/aromatic N) is 1. The molecule has 0 saturated heterocycles. The lowest BCUT2D eigenvalue weighted by atomic mass is 10.0. The fourth-order valence-electron chi connectivity index (χ4n) is 4.05. The van der Waals surface area contributed by atoms with Gasteiger partial charge in [0.1, 0.15) is 6.29 Å². The molecule has 0 amide bonds. The Morgan fingerprint density at radius 3 is 2.08 bits per heavy atom. The maximum absolute atomic E-state index is 14.3. The quantitative estimate of drug-likeness (QED) is 0.154. The average molecular weight is 603 g/mol. The zero-order valence-electron chi connectivity index (χ0n) is 21.8. The van der Waals surface area contributed by atoms with Crippen LogP contribution in [0.3, 0.4) is 0 Å². The number of anilines is 1. The molecule has 11 heteroatoms. The molecule has 0 saturated carbocycles. The van der Waals surface area contributed by atoms with Crippen LogP contribution in [0.5, 0.6) is 0 Å². The van der Waals surface area contributed by atoms with Gasteiger partial charge in [-0.2, -0.15) is 0 Å². The van der Waals surface area contributed by atoms with Crippen molar-refractivity contribution in [1.29, 1.82) is 0 Å². The number of hydrogen-bond acceptors (Lipinski definition) is 5. The van der Waals surface area contributed by atoms with Gasteiger partial charge in [0, 0.05) is 23.5 Å². The van der Waals surface area contributed by atoms with Crippen molar-refractivity contribution in [3.63, 3.8) is 0 Å². The van der Waals surface area contributed by atoms with Crippen molar-refractivity contribution in [3.8, 4) is 0 Å². The summed E-state index contributed by atoms with van der Waals surface area (Å²) < 4.78 is 54.7. The lowest BCUT2D eigenvalue weighted by Gasteiger charge is -2.31. The molecule has 0 bridgehead atoms. The Morgan fingerprint density at radius 1 is 0.919 bits per heavy atom. The topological polar surface area (TPSA) is 72.9 Å². The number of aryl methyl sites for hydroxylation is 1. The Labute approximate surface area is 231 Å². The van der Waals surface area contributed by atoms with Gasteiger partial charge in [-0.1, -0.05) is 85.3 Å². The highest BCUT2D eigenvalue weighted by Crippen LogP contribution is 2.51. The summed E-state index contributed by atoms with van der Waals surface area (Å²) in [4.78, 5) is -0.103. The molecule has 0 radical (unpaired) electrons. The minimum absolute atomic E-state index is 0.103. The molecule has 0 aliphatic rings. The van der Waals surface area contributed by atoms with E-state index < -0.39 is 32.0 Å². The molecule has 3 rings (SSSR count). The summed E-state index contributed by atoms with van der Waals surface area (Å²) in [6, 6.07) is 16.6. The molecule has 0 aliphatic heterocycles. The number of rotatable bonds is 12. The second kappa shape index (κ2) is 12.2. The van der Waals surface area contributed by atoms with Gasteiger partial charge in [-0.3, -0.25) is 8.87 Å². The van der Waals surface area contributed by atoms with Crippen LogP contribution in [0.25, 0.3) is 10.8 Å². The number of hydrogen-bond donors (Lipinski definition) is 0. The predicted molar refractivity (Wildman–Crippen MR) is 158 cm³/mol. The molecule has 0 unspecified atom stereocenters. The molecular weight excluding hydrogens is 568 g/mol. The smallest absolute Gasteiger partial charge is 0.308 e. The SMILES string of the molecule is CCOP(=O)(CN(c1c(CC[Si](C)(C)C)ccc2ccccc12)S(=O)(=O)c1cc(Cl)cc(Cl)c1)OCC. The fraction of sp³-hybridized carbons (Fsp3) is 0.385. The summed E-state index contributed by atoms with van der Waals surface area (Å²) in [5.41, 5.74) is 1.31. The van der Waals surface area contributed by atoms with Gasteiger partial charge in [0.05, 0.1) is 23.8 Å². The van der Waals surface area contributed by atoms with Crippen LogP contribution in [0, 0.1) is 0 Å². The average Bonchev–Trinajstić information content (AvgIpc) is 2.80. The molecule has 0 spiro atoms. The van der Waals surface area contributed by atoms with E-state index >= 15 is 0 Å². The normalized spacial score (nSPS) is 12.7. The molecule has 0 N–H and O–H groups in total. The van der Waals surface area contributed by atoms with E-state index in [0.29, 0.717) is 12.1 Å². The van der Waals surface area contributed by atoms with E-state index in [1.165, 1.54) is 22.5 Å². The Hall–Kier alpha value is -1.38. The summed E-state index contributed by atoms with van der Waals surface area (Å²) in [6.45, 7) is 10.4. The van der Waals surface area contributed by atoms with Gasteiger partial charge in [0.15, 0.2) is 0 Å². The Balaban J connectivity index is 2.34. The van der Waals surface area contributed by atoms with Crippen molar-refractivity contribution in [1.82, 2.24) is 0 Å². The van der Waals surface area contributed by atoms with E-state index in [1.54, 1.807) is 13.8 Å². The van der Waals surface area contributed by atoms with Gasteiger partial charge in [0.2, 0.25) is 0 Å². The van der Waals surface area contributed by atoms with Crippen LogP contribution in [0.2, 0.25) is 35.7 Å². The highest BCUT2D eigenvalue weighted by molar-refractivity contribution is 7.93. The maximum Gasteiger partial charge on any atom is 0.350 e. The van der Waals surface area contributed by atoms with E-state index in [0.717, 1.165) is 22.4 Å². The minimum atomic E-state index is -4.29. The van der Waals surface area contributed by atoms with Crippen molar-refractivity contribution >= 4 is 65.4 Å².